The number of carboxylic acids is 1. The zero-order chi connectivity index (χ0) is 13.9. The van der Waals surface area contributed by atoms with Gasteiger partial charge in [0.15, 0.2) is 0 Å². The highest BCUT2D eigenvalue weighted by molar-refractivity contribution is 5.70. The summed E-state index contributed by atoms with van der Waals surface area (Å²) < 4.78 is 5.06. The van der Waals surface area contributed by atoms with E-state index in [1.165, 1.54) is 0 Å². The van der Waals surface area contributed by atoms with Crippen LogP contribution in [-0.2, 0) is 9.53 Å². The van der Waals surface area contributed by atoms with E-state index in [9.17, 15) is 14.7 Å². The predicted octanol–water partition coefficient (Wildman–Crippen LogP) is 0.983. The van der Waals surface area contributed by atoms with Crippen LogP contribution in [0.3, 0.4) is 0 Å². The number of hydrogen-bond donors (Lipinski definition) is 3. The van der Waals surface area contributed by atoms with Crippen LogP contribution in [0.15, 0.2) is 0 Å². The standard InChI is InChI=1S/C12H21NO5/c1-12(2,3)18-11(17)13-6-8-4-7(10(15)16)5-9(8)14/h7-9,14H,4-6H2,1-3H3,(H,13,17)(H,15,16)/t7-,8+,9+/m1/s1. The Morgan fingerprint density at radius 3 is 2.39 bits per heavy atom. The van der Waals surface area contributed by atoms with E-state index in [4.69, 9.17) is 9.84 Å². The maximum atomic E-state index is 11.4. The molecule has 0 aromatic carbocycles. The molecule has 0 radical (unpaired) electrons. The lowest BCUT2D eigenvalue weighted by Crippen LogP contribution is -2.36. The highest BCUT2D eigenvalue weighted by Gasteiger charge is 2.37. The van der Waals surface area contributed by atoms with Gasteiger partial charge in [0.25, 0.3) is 0 Å². The van der Waals surface area contributed by atoms with Crippen LogP contribution in [0.5, 0.6) is 0 Å². The van der Waals surface area contributed by atoms with Gasteiger partial charge in [0.05, 0.1) is 12.0 Å². The molecule has 1 fully saturated rings. The molecule has 3 atom stereocenters. The Hall–Kier alpha value is -1.30. The number of rotatable bonds is 3. The van der Waals surface area contributed by atoms with Crippen LogP contribution in [0.2, 0.25) is 0 Å². The second-order valence-corrected chi connectivity index (χ2v) is 5.72. The molecule has 104 valence electrons. The van der Waals surface area contributed by atoms with Gasteiger partial charge in [-0.2, -0.15) is 0 Å². The van der Waals surface area contributed by atoms with E-state index >= 15 is 0 Å². The Morgan fingerprint density at radius 1 is 1.33 bits per heavy atom. The van der Waals surface area contributed by atoms with Crippen molar-refractivity contribution < 1.29 is 24.5 Å². The third kappa shape index (κ3) is 4.52. The number of amides is 1. The Labute approximate surface area is 106 Å². The molecule has 0 bridgehead atoms. The van der Waals surface area contributed by atoms with Gasteiger partial charge in [-0.15, -0.1) is 0 Å². The second-order valence-electron chi connectivity index (χ2n) is 5.72. The van der Waals surface area contributed by atoms with E-state index in [0.717, 1.165) is 0 Å². The third-order valence-electron chi connectivity index (χ3n) is 2.91. The van der Waals surface area contributed by atoms with Crippen molar-refractivity contribution >= 4 is 12.1 Å². The monoisotopic (exact) mass is 259 g/mol. The molecule has 1 rings (SSSR count). The summed E-state index contributed by atoms with van der Waals surface area (Å²) in [4.78, 5) is 22.2. The smallest absolute Gasteiger partial charge is 0.407 e. The normalized spacial score (nSPS) is 27.9. The van der Waals surface area contributed by atoms with Gasteiger partial charge in [-0.05, 0) is 33.6 Å². The maximum Gasteiger partial charge on any atom is 0.407 e. The van der Waals surface area contributed by atoms with Crippen LogP contribution in [0, 0.1) is 11.8 Å². The van der Waals surface area contributed by atoms with Gasteiger partial charge >= 0.3 is 12.1 Å². The summed E-state index contributed by atoms with van der Waals surface area (Å²) >= 11 is 0. The van der Waals surface area contributed by atoms with Crippen LogP contribution >= 0.6 is 0 Å². The number of ether oxygens (including phenoxy) is 1. The van der Waals surface area contributed by atoms with Crippen molar-refractivity contribution in [2.24, 2.45) is 11.8 Å². The van der Waals surface area contributed by atoms with E-state index in [-0.39, 0.29) is 18.9 Å². The molecule has 6 heteroatoms. The zero-order valence-corrected chi connectivity index (χ0v) is 11.0. The van der Waals surface area contributed by atoms with Crippen molar-refractivity contribution in [3.8, 4) is 0 Å². The van der Waals surface area contributed by atoms with Crippen molar-refractivity contribution in [3.05, 3.63) is 0 Å². The topological polar surface area (TPSA) is 95.9 Å². The molecule has 0 saturated heterocycles. The first-order chi connectivity index (χ1) is 8.19. The summed E-state index contributed by atoms with van der Waals surface area (Å²) in [6.07, 6.45) is -0.600. The van der Waals surface area contributed by atoms with Gasteiger partial charge in [0.1, 0.15) is 5.60 Å². The van der Waals surface area contributed by atoms with E-state index in [1.54, 1.807) is 20.8 Å². The minimum absolute atomic E-state index is 0.224. The molecule has 0 aliphatic heterocycles. The van der Waals surface area contributed by atoms with E-state index in [2.05, 4.69) is 5.32 Å². The average Bonchev–Trinajstić information content (AvgIpc) is 2.54. The molecule has 1 amide bonds. The first-order valence-electron chi connectivity index (χ1n) is 6.07. The van der Waals surface area contributed by atoms with Crippen LogP contribution in [0.25, 0.3) is 0 Å². The predicted molar refractivity (Wildman–Crippen MR) is 64.1 cm³/mol. The fourth-order valence-electron chi connectivity index (χ4n) is 2.05. The Bertz CT molecular complexity index is 323. The van der Waals surface area contributed by atoms with Crippen molar-refractivity contribution in [2.75, 3.05) is 6.54 Å². The number of carbonyl (C=O) groups is 2. The van der Waals surface area contributed by atoms with Gasteiger partial charge in [0, 0.05) is 12.5 Å². The molecular weight excluding hydrogens is 238 g/mol. The van der Waals surface area contributed by atoms with Crippen molar-refractivity contribution in [3.63, 3.8) is 0 Å². The fraction of sp³-hybridized carbons (Fsp3) is 0.833. The Morgan fingerprint density at radius 2 is 1.94 bits per heavy atom. The summed E-state index contributed by atoms with van der Waals surface area (Å²) in [5.41, 5.74) is -0.567. The van der Waals surface area contributed by atoms with Gasteiger partial charge in [0.2, 0.25) is 0 Å². The second kappa shape index (κ2) is 5.56. The number of alkyl carbamates (subject to hydrolysis) is 1. The summed E-state index contributed by atoms with van der Waals surface area (Å²) in [5, 5.41) is 21.1. The quantitative estimate of drug-likeness (QED) is 0.702. The third-order valence-corrected chi connectivity index (χ3v) is 2.91. The van der Waals surface area contributed by atoms with Crippen LogP contribution < -0.4 is 5.32 Å². The summed E-state index contributed by atoms with van der Waals surface area (Å²) in [6.45, 7) is 5.52. The molecule has 1 saturated carbocycles. The van der Waals surface area contributed by atoms with Crippen LogP contribution in [0.1, 0.15) is 33.6 Å². The minimum atomic E-state index is -0.895. The van der Waals surface area contributed by atoms with Crippen molar-refractivity contribution in [2.45, 2.75) is 45.3 Å². The molecule has 0 spiro atoms. The molecule has 0 aromatic rings. The molecule has 0 heterocycles. The molecule has 0 aromatic heterocycles. The molecular formula is C12H21NO5. The number of aliphatic hydroxyl groups excluding tert-OH is 1. The number of hydrogen-bond acceptors (Lipinski definition) is 4. The fourth-order valence-corrected chi connectivity index (χ4v) is 2.05. The molecule has 18 heavy (non-hydrogen) atoms. The van der Waals surface area contributed by atoms with Gasteiger partial charge in [-0.1, -0.05) is 0 Å². The van der Waals surface area contributed by atoms with Crippen molar-refractivity contribution in [1.29, 1.82) is 0 Å². The number of aliphatic carboxylic acids is 1. The first kappa shape index (κ1) is 14.8. The van der Waals surface area contributed by atoms with Crippen LogP contribution in [0.4, 0.5) is 4.79 Å². The largest absolute Gasteiger partial charge is 0.481 e. The number of carbonyl (C=O) groups excluding carboxylic acids is 1. The lowest BCUT2D eigenvalue weighted by molar-refractivity contribution is -0.141. The highest BCUT2D eigenvalue weighted by atomic mass is 16.6. The minimum Gasteiger partial charge on any atom is -0.481 e. The lowest BCUT2D eigenvalue weighted by Gasteiger charge is -2.21. The van der Waals surface area contributed by atoms with Gasteiger partial charge in [-0.25, -0.2) is 4.79 Å². The van der Waals surface area contributed by atoms with Crippen molar-refractivity contribution in [1.82, 2.24) is 5.32 Å². The first-order valence-corrected chi connectivity index (χ1v) is 6.07. The number of carboxylic acid groups (broad SMARTS) is 1. The summed E-state index contributed by atoms with van der Waals surface area (Å²) in [5.74, 6) is -1.64. The highest BCUT2D eigenvalue weighted by Crippen LogP contribution is 2.31. The van der Waals surface area contributed by atoms with E-state index < -0.39 is 29.7 Å². The molecule has 6 nitrogen and oxygen atoms in total. The maximum absolute atomic E-state index is 11.4. The Kier molecular flexibility index (Phi) is 4.56. The zero-order valence-electron chi connectivity index (χ0n) is 11.0. The summed E-state index contributed by atoms with van der Waals surface area (Å²) in [7, 11) is 0. The SMILES string of the molecule is CC(C)(C)OC(=O)NC[C@@H]1C[C@@H](C(=O)O)C[C@@H]1O. The number of aliphatic hydroxyl groups is 1. The lowest BCUT2D eigenvalue weighted by atomic mass is 10.0. The molecule has 0 unspecified atom stereocenters. The van der Waals surface area contributed by atoms with Gasteiger partial charge in [-0.3, -0.25) is 4.79 Å². The number of nitrogens with one attached hydrogen (secondary N) is 1. The average molecular weight is 259 g/mol. The molecule has 1 aliphatic rings. The molecule has 3 N–H and O–H groups in total. The van der Waals surface area contributed by atoms with Gasteiger partial charge < -0.3 is 20.3 Å². The molecule has 1 aliphatic carbocycles. The van der Waals surface area contributed by atoms with E-state index in [0.29, 0.717) is 6.42 Å². The Balaban J connectivity index is 2.36. The van der Waals surface area contributed by atoms with E-state index in [1.807, 2.05) is 0 Å². The van der Waals surface area contributed by atoms with Crippen LogP contribution in [-0.4, -0.2) is 40.5 Å². The summed E-state index contributed by atoms with van der Waals surface area (Å²) in [6, 6.07) is 0.